The first-order valence-electron chi connectivity index (χ1n) is 7.11. The van der Waals surface area contributed by atoms with Gasteiger partial charge in [-0.2, -0.15) is 5.26 Å². The van der Waals surface area contributed by atoms with Crippen molar-refractivity contribution >= 4 is 5.57 Å². The first-order valence-corrected chi connectivity index (χ1v) is 7.11. The third-order valence-corrected chi connectivity index (χ3v) is 3.53. The van der Waals surface area contributed by atoms with Crippen molar-refractivity contribution in [2.75, 3.05) is 0 Å². The molecule has 0 atom stereocenters. The number of rotatable bonds is 5. The summed E-state index contributed by atoms with van der Waals surface area (Å²) in [6.45, 7) is 12.3. The summed E-state index contributed by atoms with van der Waals surface area (Å²) in [5.74, 6) is 0. The summed E-state index contributed by atoms with van der Waals surface area (Å²) in [6.07, 6.45) is 6.07. The van der Waals surface area contributed by atoms with Gasteiger partial charge in [-0.25, -0.2) is 0 Å². The van der Waals surface area contributed by atoms with E-state index in [2.05, 4.69) is 52.5 Å². The highest BCUT2D eigenvalue weighted by Gasteiger charge is 2.08. The molecule has 0 heterocycles. The fraction of sp³-hybridized carbons (Fsp3) is 0.316. The van der Waals surface area contributed by atoms with Gasteiger partial charge in [0.2, 0.25) is 0 Å². The predicted molar refractivity (Wildman–Crippen MR) is 87.4 cm³/mol. The molecule has 0 aliphatic rings. The van der Waals surface area contributed by atoms with Crippen molar-refractivity contribution in [3.05, 3.63) is 64.8 Å². The molecule has 0 fully saturated rings. The van der Waals surface area contributed by atoms with E-state index in [-0.39, 0.29) is 0 Å². The molecule has 0 spiro atoms. The van der Waals surface area contributed by atoms with Crippen molar-refractivity contribution in [1.29, 1.82) is 5.26 Å². The van der Waals surface area contributed by atoms with Crippen LogP contribution in [0.25, 0.3) is 5.57 Å². The van der Waals surface area contributed by atoms with Gasteiger partial charge in [-0.15, -0.1) is 0 Å². The Kier molecular flexibility index (Phi) is 6.00. The van der Waals surface area contributed by atoms with Gasteiger partial charge in [0.05, 0.1) is 11.6 Å². The van der Waals surface area contributed by atoms with Crippen LogP contribution in [0.15, 0.2) is 48.1 Å². The van der Waals surface area contributed by atoms with E-state index in [1.165, 1.54) is 22.3 Å². The van der Waals surface area contributed by atoms with Crippen LogP contribution in [-0.4, -0.2) is 0 Å². The molecular weight excluding hydrogens is 242 g/mol. The highest BCUT2D eigenvalue weighted by molar-refractivity contribution is 5.73. The molecule has 0 N–H and O–H groups in total. The number of nitrogens with zero attached hydrogens (tertiary/aromatic N) is 1. The SMILES string of the molecule is C=C/C(C)=C\C(CC)=C(/CC)c1ccc(C#N)cc1C. The van der Waals surface area contributed by atoms with Gasteiger partial charge < -0.3 is 0 Å². The zero-order valence-electron chi connectivity index (χ0n) is 13.0. The van der Waals surface area contributed by atoms with Crippen molar-refractivity contribution in [2.45, 2.75) is 40.5 Å². The van der Waals surface area contributed by atoms with Crippen LogP contribution < -0.4 is 0 Å². The van der Waals surface area contributed by atoms with Crippen molar-refractivity contribution in [3.63, 3.8) is 0 Å². The molecule has 0 unspecified atom stereocenters. The van der Waals surface area contributed by atoms with Gasteiger partial charge in [0.1, 0.15) is 0 Å². The number of hydrogen-bond donors (Lipinski definition) is 0. The minimum Gasteiger partial charge on any atom is -0.192 e. The monoisotopic (exact) mass is 265 g/mol. The Labute approximate surface area is 122 Å². The number of benzene rings is 1. The van der Waals surface area contributed by atoms with E-state index in [9.17, 15) is 0 Å². The highest BCUT2D eigenvalue weighted by atomic mass is 14.2. The van der Waals surface area contributed by atoms with Crippen LogP contribution in [0.2, 0.25) is 0 Å². The van der Waals surface area contributed by atoms with Crippen LogP contribution in [0.4, 0.5) is 0 Å². The molecule has 0 saturated carbocycles. The third kappa shape index (κ3) is 3.71. The summed E-state index contributed by atoms with van der Waals surface area (Å²) < 4.78 is 0. The lowest BCUT2D eigenvalue weighted by Gasteiger charge is -2.14. The second-order valence-corrected chi connectivity index (χ2v) is 4.94. The van der Waals surface area contributed by atoms with Crippen LogP contribution in [0.5, 0.6) is 0 Å². The summed E-state index contributed by atoms with van der Waals surface area (Å²) in [5.41, 5.74) is 7.01. The van der Waals surface area contributed by atoms with E-state index in [4.69, 9.17) is 5.26 Å². The van der Waals surface area contributed by atoms with E-state index in [1.54, 1.807) is 0 Å². The fourth-order valence-corrected chi connectivity index (χ4v) is 2.40. The minimum absolute atomic E-state index is 0.720. The van der Waals surface area contributed by atoms with Gasteiger partial charge in [-0.3, -0.25) is 0 Å². The van der Waals surface area contributed by atoms with E-state index >= 15 is 0 Å². The molecule has 1 aromatic carbocycles. The fourth-order valence-electron chi connectivity index (χ4n) is 2.40. The zero-order chi connectivity index (χ0) is 15.1. The largest absolute Gasteiger partial charge is 0.192 e. The summed E-state index contributed by atoms with van der Waals surface area (Å²) in [5, 5.41) is 8.97. The Hall–Kier alpha value is -2.07. The average Bonchev–Trinajstić information content (AvgIpc) is 2.47. The lowest BCUT2D eigenvalue weighted by Crippen LogP contribution is -1.94. The first kappa shape index (κ1) is 16.0. The molecule has 1 heteroatoms. The normalized spacial score (nSPS) is 12.7. The van der Waals surface area contributed by atoms with Gasteiger partial charge >= 0.3 is 0 Å². The van der Waals surface area contributed by atoms with Gasteiger partial charge in [0.15, 0.2) is 0 Å². The van der Waals surface area contributed by atoms with Gasteiger partial charge in [0.25, 0.3) is 0 Å². The topological polar surface area (TPSA) is 23.8 Å². The molecule has 0 aliphatic heterocycles. The van der Waals surface area contributed by atoms with Crippen LogP contribution in [-0.2, 0) is 0 Å². The molecule has 0 bridgehead atoms. The first-order chi connectivity index (χ1) is 9.57. The third-order valence-electron chi connectivity index (χ3n) is 3.53. The maximum Gasteiger partial charge on any atom is 0.0991 e. The molecule has 104 valence electrons. The second kappa shape index (κ2) is 7.50. The second-order valence-electron chi connectivity index (χ2n) is 4.94. The van der Waals surface area contributed by atoms with E-state index < -0.39 is 0 Å². The van der Waals surface area contributed by atoms with Crippen LogP contribution in [0.1, 0.15) is 50.3 Å². The Balaban J connectivity index is 3.44. The predicted octanol–water partition coefficient (Wildman–Crippen LogP) is 5.57. The molecule has 0 saturated heterocycles. The smallest absolute Gasteiger partial charge is 0.0991 e. The van der Waals surface area contributed by atoms with E-state index in [0.29, 0.717) is 0 Å². The number of hydrogen-bond acceptors (Lipinski definition) is 1. The Morgan fingerprint density at radius 2 is 2.00 bits per heavy atom. The Bertz CT molecular complexity index is 595. The maximum atomic E-state index is 8.97. The van der Waals surface area contributed by atoms with Crippen molar-refractivity contribution in [1.82, 2.24) is 0 Å². The molecule has 1 aromatic rings. The van der Waals surface area contributed by atoms with Gasteiger partial charge in [0, 0.05) is 0 Å². The summed E-state index contributed by atoms with van der Waals surface area (Å²) in [4.78, 5) is 0. The van der Waals surface area contributed by atoms with Crippen LogP contribution >= 0.6 is 0 Å². The van der Waals surface area contributed by atoms with Crippen LogP contribution in [0.3, 0.4) is 0 Å². The molecule has 20 heavy (non-hydrogen) atoms. The van der Waals surface area contributed by atoms with Crippen molar-refractivity contribution < 1.29 is 0 Å². The number of aryl methyl sites for hydroxylation is 1. The Morgan fingerprint density at radius 1 is 1.30 bits per heavy atom. The molecule has 0 aliphatic carbocycles. The molecule has 0 radical (unpaired) electrons. The van der Waals surface area contributed by atoms with Crippen molar-refractivity contribution in [3.8, 4) is 6.07 Å². The zero-order valence-corrected chi connectivity index (χ0v) is 13.0. The lowest BCUT2D eigenvalue weighted by atomic mass is 9.91. The van der Waals surface area contributed by atoms with Gasteiger partial charge in [-0.1, -0.05) is 44.2 Å². The van der Waals surface area contributed by atoms with Gasteiger partial charge in [-0.05, 0) is 61.1 Å². The molecule has 1 nitrogen and oxygen atoms in total. The minimum atomic E-state index is 0.720. The quantitative estimate of drug-likeness (QED) is 0.638. The number of allylic oxidation sites excluding steroid dienone is 5. The molecule has 1 rings (SSSR count). The maximum absolute atomic E-state index is 8.97. The van der Waals surface area contributed by atoms with Crippen molar-refractivity contribution in [2.24, 2.45) is 0 Å². The Morgan fingerprint density at radius 3 is 2.45 bits per heavy atom. The average molecular weight is 265 g/mol. The van der Waals surface area contributed by atoms with E-state index in [0.717, 1.165) is 24.0 Å². The molecule has 0 amide bonds. The molecular formula is C19H23N. The summed E-state index contributed by atoms with van der Waals surface area (Å²) in [6, 6.07) is 8.12. The standard InChI is InChI=1S/C19H23N/c1-6-14(4)11-17(7-2)18(8-3)19-10-9-16(13-20)12-15(19)5/h6,9-12H,1,7-8H2,2-5H3/b14-11-,18-17+. The summed E-state index contributed by atoms with van der Waals surface area (Å²) >= 11 is 0. The van der Waals surface area contributed by atoms with E-state index in [1.807, 2.05) is 18.2 Å². The molecule has 0 aromatic heterocycles. The summed E-state index contributed by atoms with van der Waals surface area (Å²) in [7, 11) is 0. The highest BCUT2D eigenvalue weighted by Crippen LogP contribution is 2.28. The number of nitriles is 1. The lowest BCUT2D eigenvalue weighted by molar-refractivity contribution is 1.10. The van der Waals surface area contributed by atoms with Crippen LogP contribution in [0, 0.1) is 18.3 Å².